The van der Waals surface area contributed by atoms with Crippen molar-refractivity contribution in [3.05, 3.63) is 158 Å². The molecule has 0 saturated heterocycles. The predicted octanol–water partition coefficient (Wildman–Crippen LogP) is 18.9. The van der Waals surface area contributed by atoms with Gasteiger partial charge in [-0.1, -0.05) is 217 Å². The van der Waals surface area contributed by atoms with Crippen molar-refractivity contribution in [1.29, 1.82) is 0 Å². The molecule has 0 aliphatic carbocycles. The zero-order valence-electron chi connectivity index (χ0n) is 49.1. The Hall–Kier alpha value is -4.37. The number of allylic oxidation sites excluding steroid dienone is 26. The Balaban J connectivity index is 4.27. The molecule has 0 saturated carbocycles. The molecule has 0 aromatic heterocycles. The maximum atomic E-state index is 12.8. The smallest absolute Gasteiger partial charge is 0.462 e. The highest BCUT2D eigenvalue weighted by Crippen LogP contribution is 2.43. The molecule has 77 heavy (non-hydrogen) atoms. The molecular weight excluding hydrogens is 978 g/mol. The minimum absolute atomic E-state index is 0.0135. The van der Waals surface area contributed by atoms with Crippen LogP contribution in [0.2, 0.25) is 0 Å². The molecule has 2 unspecified atom stereocenters. The first-order valence-corrected chi connectivity index (χ1v) is 31.2. The molecule has 0 spiro atoms. The summed E-state index contributed by atoms with van der Waals surface area (Å²) in [6.07, 6.45) is 84.6. The van der Waals surface area contributed by atoms with Crippen molar-refractivity contribution in [3.8, 4) is 0 Å². The summed E-state index contributed by atoms with van der Waals surface area (Å²) in [5.41, 5.74) is 0. The third-order valence-electron chi connectivity index (χ3n) is 11.8. The summed E-state index contributed by atoms with van der Waals surface area (Å²) in [5.74, 6) is -0.866. The van der Waals surface area contributed by atoms with Gasteiger partial charge < -0.3 is 18.9 Å². The van der Waals surface area contributed by atoms with Crippen molar-refractivity contribution in [3.63, 3.8) is 0 Å². The number of likely N-dealkylation sites (N-methyl/N-ethyl adjacent to an activating group) is 1. The van der Waals surface area contributed by atoms with Gasteiger partial charge in [0.25, 0.3) is 0 Å². The Morgan fingerprint density at radius 1 is 0.416 bits per heavy atom. The lowest BCUT2D eigenvalue weighted by Crippen LogP contribution is -2.37. The van der Waals surface area contributed by atoms with Gasteiger partial charge in [-0.2, -0.15) is 0 Å². The van der Waals surface area contributed by atoms with E-state index in [1.54, 1.807) is 0 Å². The van der Waals surface area contributed by atoms with Crippen molar-refractivity contribution in [2.24, 2.45) is 0 Å². The molecular formula is C67H109NO8P+. The lowest BCUT2D eigenvalue weighted by Gasteiger charge is -2.24. The van der Waals surface area contributed by atoms with Crippen LogP contribution in [0, 0.1) is 0 Å². The van der Waals surface area contributed by atoms with E-state index < -0.39 is 32.5 Å². The highest BCUT2D eigenvalue weighted by atomic mass is 31.2. The Bertz CT molecular complexity index is 1850. The van der Waals surface area contributed by atoms with Crippen LogP contribution in [0.3, 0.4) is 0 Å². The zero-order valence-corrected chi connectivity index (χ0v) is 50.0. The van der Waals surface area contributed by atoms with E-state index in [-0.39, 0.29) is 26.1 Å². The molecule has 0 heterocycles. The van der Waals surface area contributed by atoms with Crippen LogP contribution in [-0.2, 0) is 32.7 Å². The van der Waals surface area contributed by atoms with Gasteiger partial charge in [0, 0.05) is 12.8 Å². The molecule has 0 aliphatic rings. The molecule has 2 atom stereocenters. The van der Waals surface area contributed by atoms with E-state index >= 15 is 0 Å². The average molecular weight is 1090 g/mol. The molecule has 1 N–H and O–H groups in total. The van der Waals surface area contributed by atoms with Gasteiger partial charge in [0.15, 0.2) is 6.10 Å². The molecule has 434 valence electrons. The first kappa shape index (κ1) is 72.6. The molecule has 9 nitrogen and oxygen atoms in total. The molecule has 0 rings (SSSR count). The number of hydrogen-bond acceptors (Lipinski definition) is 7. The molecule has 0 aromatic rings. The third kappa shape index (κ3) is 60.7. The van der Waals surface area contributed by atoms with Gasteiger partial charge in [0.05, 0.1) is 27.7 Å². The summed E-state index contributed by atoms with van der Waals surface area (Å²) in [6, 6.07) is 0. The quantitative estimate of drug-likeness (QED) is 0.0211. The maximum absolute atomic E-state index is 12.8. The van der Waals surface area contributed by atoms with E-state index in [2.05, 4.69) is 172 Å². The van der Waals surface area contributed by atoms with E-state index in [4.69, 9.17) is 18.5 Å². The minimum Gasteiger partial charge on any atom is -0.462 e. The third-order valence-corrected chi connectivity index (χ3v) is 12.8. The normalized spacial score (nSPS) is 14.4. The van der Waals surface area contributed by atoms with Gasteiger partial charge in [-0.05, 0) is 128 Å². The van der Waals surface area contributed by atoms with Crippen LogP contribution in [0.1, 0.15) is 200 Å². The number of ether oxygens (including phenoxy) is 2. The van der Waals surface area contributed by atoms with Crippen LogP contribution in [0.25, 0.3) is 0 Å². The van der Waals surface area contributed by atoms with Crippen LogP contribution >= 0.6 is 7.82 Å². The number of rotatable bonds is 52. The number of quaternary nitrogens is 1. The summed E-state index contributed by atoms with van der Waals surface area (Å²) in [6.45, 7) is 4.21. The van der Waals surface area contributed by atoms with Gasteiger partial charge in [0.2, 0.25) is 0 Å². The number of carbonyl (C=O) groups is 2. The zero-order chi connectivity index (χ0) is 56.3. The molecule has 0 fully saturated rings. The van der Waals surface area contributed by atoms with Gasteiger partial charge in [-0.25, -0.2) is 4.57 Å². The fraction of sp³-hybridized carbons (Fsp3) is 0.582. The second-order valence-corrected chi connectivity index (χ2v) is 21.7. The van der Waals surface area contributed by atoms with Gasteiger partial charge in [-0.15, -0.1) is 0 Å². The second-order valence-electron chi connectivity index (χ2n) is 20.3. The molecule has 10 heteroatoms. The van der Waals surface area contributed by atoms with E-state index in [1.807, 2.05) is 21.1 Å². The van der Waals surface area contributed by atoms with Crippen molar-refractivity contribution in [2.45, 2.75) is 206 Å². The highest BCUT2D eigenvalue weighted by molar-refractivity contribution is 7.47. The Morgan fingerprint density at radius 2 is 0.740 bits per heavy atom. The van der Waals surface area contributed by atoms with Crippen molar-refractivity contribution >= 4 is 19.8 Å². The van der Waals surface area contributed by atoms with E-state index in [9.17, 15) is 19.0 Å². The van der Waals surface area contributed by atoms with Crippen LogP contribution < -0.4 is 0 Å². The van der Waals surface area contributed by atoms with Gasteiger partial charge >= 0.3 is 19.8 Å². The summed E-state index contributed by atoms with van der Waals surface area (Å²) < 4.78 is 34.5. The van der Waals surface area contributed by atoms with Crippen LogP contribution in [0.5, 0.6) is 0 Å². The molecule has 0 amide bonds. The average Bonchev–Trinajstić information content (AvgIpc) is 3.39. The lowest BCUT2D eigenvalue weighted by molar-refractivity contribution is -0.870. The number of unbranched alkanes of at least 4 members (excludes halogenated alkanes) is 12. The molecule has 0 aliphatic heterocycles. The summed E-state index contributed by atoms with van der Waals surface area (Å²) in [4.78, 5) is 35.6. The summed E-state index contributed by atoms with van der Waals surface area (Å²) >= 11 is 0. The predicted molar refractivity (Wildman–Crippen MR) is 330 cm³/mol. The largest absolute Gasteiger partial charge is 0.472 e. The summed E-state index contributed by atoms with van der Waals surface area (Å²) in [7, 11) is 1.42. The van der Waals surface area contributed by atoms with Crippen LogP contribution in [0.15, 0.2) is 158 Å². The fourth-order valence-electron chi connectivity index (χ4n) is 7.22. The van der Waals surface area contributed by atoms with Gasteiger partial charge in [0.1, 0.15) is 19.8 Å². The lowest BCUT2D eigenvalue weighted by atomic mass is 10.1. The van der Waals surface area contributed by atoms with E-state index in [1.165, 1.54) is 32.1 Å². The van der Waals surface area contributed by atoms with Crippen molar-refractivity contribution < 1.29 is 42.1 Å². The van der Waals surface area contributed by atoms with E-state index in [0.29, 0.717) is 23.9 Å². The van der Waals surface area contributed by atoms with E-state index in [0.717, 1.165) is 128 Å². The van der Waals surface area contributed by atoms with Gasteiger partial charge in [-0.3, -0.25) is 18.6 Å². The first-order valence-electron chi connectivity index (χ1n) is 29.7. The molecule has 0 aromatic carbocycles. The van der Waals surface area contributed by atoms with Crippen molar-refractivity contribution in [2.75, 3.05) is 47.5 Å². The summed E-state index contributed by atoms with van der Waals surface area (Å²) in [5, 5.41) is 0. The maximum Gasteiger partial charge on any atom is 0.472 e. The molecule has 0 radical (unpaired) electrons. The van der Waals surface area contributed by atoms with Crippen molar-refractivity contribution in [1.82, 2.24) is 0 Å². The number of phosphoric acid groups is 1. The first-order chi connectivity index (χ1) is 37.5. The number of hydrogen-bond donors (Lipinski definition) is 1. The number of esters is 2. The van der Waals surface area contributed by atoms with Crippen LogP contribution in [-0.4, -0.2) is 74.9 Å². The topological polar surface area (TPSA) is 108 Å². The standard InChI is InChI=1S/C67H108NO8P/c1-6-8-10-12-14-16-18-20-22-24-25-26-27-28-29-30-31-32-33-34-35-36-37-38-39-40-41-42-43-44-46-48-50-52-54-56-58-60-67(70)76-65(64-75-77(71,72)74-62-61-68(3,4)5)63-73-66(69)59-57-55-53-51-49-47-45-23-21-19-17-15-13-11-9-7-2/h8,10,14,16-17,19-20,22-23,25-26,28-29,31-32,34-35,37-38,40-41,43-45,48,50,65H,6-7,9,11-13,15,18,21,24,27,30,33,36,39,42,46-47,49,51-64H2,1-5H3/p+1/b10-8-,16-14-,19-17-,22-20-,26-25-,29-28-,32-31-,35-34-,38-37-,41-40-,44-43-,45-23-,50-48-. The second kappa shape index (κ2) is 56.4. The van der Waals surface area contributed by atoms with Crippen LogP contribution in [0.4, 0.5) is 0 Å². The number of carbonyl (C=O) groups excluding carboxylic acids is 2. The SMILES string of the molecule is CC/C=C\C/C=C\C/C=C\C/C=C\C/C=C\C/C=C\C/C=C\C/C=C\C/C=C\C/C=C\C/C=C\CCCCCC(=O)OC(COC(=O)CCCCCCC/C=C\C/C=C\CCCCCC)COP(=O)(O)OCC[N+](C)(C)C. The minimum atomic E-state index is -4.41. The number of phosphoric ester groups is 1. The fourth-order valence-corrected chi connectivity index (χ4v) is 7.97. The Morgan fingerprint density at radius 3 is 1.12 bits per heavy atom. The highest BCUT2D eigenvalue weighted by Gasteiger charge is 2.27. The Labute approximate surface area is 471 Å². The molecule has 0 bridgehead atoms. The number of nitrogens with zero attached hydrogens (tertiary/aromatic N) is 1. The monoisotopic (exact) mass is 1090 g/mol. The Kier molecular flexibility index (Phi) is 53.2.